The molecule has 1 heterocycles. The molecule has 3 rings (SSSR count). The molecule has 0 amide bonds. The molecule has 0 aliphatic carbocycles. The second-order valence-corrected chi connectivity index (χ2v) is 5.25. The number of hydrogen-bond donors (Lipinski definition) is 0. The van der Waals surface area contributed by atoms with Crippen LogP contribution in [0.4, 0.5) is 5.69 Å². The number of nitrogens with zero attached hydrogens (tertiary/aromatic N) is 1. The number of carbonyl (C=O) groups excluding carboxylic acids is 1. The summed E-state index contributed by atoms with van der Waals surface area (Å²) in [6, 6.07) is 12.1. The minimum absolute atomic E-state index is 0.122. The van der Waals surface area contributed by atoms with Crippen LogP contribution in [-0.4, -0.2) is 23.3 Å². The normalized spacial score (nSPS) is 13.6. The molecule has 0 saturated carbocycles. The first kappa shape index (κ1) is 12.9. The maximum Gasteiger partial charge on any atom is 0.273 e. The Bertz CT molecular complexity index is 735. The minimum atomic E-state index is -0.281. The standard InChI is InChI=1S/C15H10BrNO3/c1-20-12-4-2-3-11-14(12)17(19)13(15(11)18)9-5-7-10(16)8-6-9/h2-8H,1H3. The largest absolute Gasteiger partial charge is 0.618 e. The highest BCUT2D eigenvalue weighted by atomic mass is 79.9. The van der Waals surface area contributed by atoms with Gasteiger partial charge in [-0.1, -0.05) is 22.0 Å². The van der Waals surface area contributed by atoms with Gasteiger partial charge in [-0.3, -0.25) is 4.79 Å². The zero-order valence-electron chi connectivity index (χ0n) is 10.6. The lowest BCUT2D eigenvalue weighted by Gasteiger charge is -2.05. The summed E-state index contributed by atoms with van der Waals surface area (Å²) >= 11 is 3.33. The quantitative estimate of drug-likeness (QED) is 0.626. The number of benzene rings is 2. The summed E-state index contributed by atoms with van der Waals surface area (Å²) in [7, 11) is 1.48. The molecule has 0 fully saturated rings. The zero-order valence-corrected chi connectivity index (χ0v) is 12.2. The van der Waals surface area contributed by atoms with Crippen LogP contribution in [0.25, 0.3) is 0 Å². The number of carbonyl (C=O) groups is 1. The number of para-hydroxylation sites is 1. The fourth-order valence-electron chi connectivity index (χ4n) is 2.27. The van der Waals surface area contributed by atoms with Gasteiger partial charge in [0.2, 0.25) is 0 Å². The minimum Gasteiger partial charge on any atom is -0.618 e. The van der Waals surface area contributed by atoms with Gasteiger partial charge in [0.05, 0.1) is 12.7 Å². The third-order valence-electron chi connectivity index (χ3n) is 3.20. The summed E-state index contributed by atoms with van der Waals surface area (Å²) < 4.78 is 6.71. The van der Waals surface area contributed by atoms with Crippen molar-refractivity contribution in [3.63, 3.8) is 0 Å². The first-order valence-electron chi connectivity index (χ1n) is 5.95. The fraction of sp³-hybridized carbons (Fsp3) is 0.0667. The maximum absolute atomic E-state index is 12.4. The van der Waals surface area contributed by atoms with E-state index in [1.54, 1.807) is 42.5 Å². The van der Waals surface area contributed by atoms with E-state index in [0.29, 0.717) is 21.6 Å². The number of rotatable bonds is 2. The van der Waals surface area contributed by atoms with Crippen LogP contribution < -0.4 is 4.74 Å². The molecule has 2 aromatic carbocycles. The van der Waals surface area contributed by atoms with E-state index in [2.05, 4.69) is 15.9 Å². The molecular formula is C15H10BrNO3. The van der Waals surface area contributed by atoms with Crippen molar-refractivity contribution in [1.29, 1.82) is 0 Å². The molecule has 0 unspecified atom stereocenters. The Balaban J connectivity index is 2.21. The number of fused-ring (bicyclic) bond motifs is 1. The van der Waals surface area contributed by atoms with Crippen molar-refractivity contribution in [2.75, 3.05) is 7.11 Å². The molecule has 5 heteroatoms. The molecule has 1 aliphatic heterocycles. The highest BCUT2D eigenvalue weighted by molar-refractivity contribution is 9.10. The van der Waals surface area contributed by atoms with E-state index >= 15 is 0 Å². The number of ketones is 1. The first-order valence-corrected chi connectivity index (χ1v) is 6.74. The summed E-state index contributed by atoms with van der Waals surface area (Å²) in [5.41, 5.74) is 1.36. The van der Waals surface area contributed by atoms with Crippen molar-refractivity contribution < 1.29 is 14.3 Å². The summed E-state index contributed by atoms with van der Waals surface area (Å²) in [6.45, 7) is 0. The van der Waals surface area contributed by atoms with E-state index in [0.717, 1.165) is 4.47 Å². The molecular weight excluding hydrogens is 322 g/mol. The van der Waals surface area contributed by atoms with Crippen molar-refractivity contribution in [3.05, 3.63) is 63.3 Å². The van der Waals surface area contributed by atoms with Gasteiger partial charge in [0.25, 0.3) is 17.2 Å². The molecule has 0 spiro atoms. The molecule has 0 aromatic heterocycles. The fourth-order valence-corrected chi connectivity index (χ4v) is 2.53. The lowest BCUT2D eigenvalue weighted by atomic mass is 10.0. The van der Waals surface area contributed by atoms with Gasteiger partial charge in [0.1, 0.15) is 5.56 Å². The number of hydrogen-bond acceptors (Lipinski definition) is 3. The second-order valence-electron chi connectivity index (χ2n) is 4.34. The Morgan fingerprint density at radius 1 is 1.15 bits per heavy atom. The SMILES string of the molecule is COc1cccc2c1[N+]([O-])=C(c1ccc(Br)cc1)C2=O. The van der Waals surface area contributed by atoms with Crippen molar-refractivity contribution in [1.82, 2.24) is 0 Å². The average Bonchev–Trinajstić information content (AvgIpc) is 2.72. The van der Waals surface area contributed by atoms with E-state index in [9.17, 15) is 10.0 Å². The first-order chi connectivity index (χ1) is 9.63. The molecule has 2 aromatic rings. The number of ether oxygens (including phenoxy) is 1. The predicted molar refractivity (Wildman–Crippen MR) is 78.9 cm³/mol. The molecule has 1 aliphatic rings. The van der Waals surface area contributed by atoms with Crippen molar-refractivity contribution in [2.45, 2.75) is 0 Å². The molecule has 4 nitrogen and oxygen atoms in total. The average molecular weight is 332 g/mol. The molecule has 0 radical (unpaired) electrons. The van der Waals surface area contributed by atoms with Crippen LogP contribution >= 0.6 is 15.9 Å². The van der Waals surface area contributed by atoms with Crippen LogP contribution in [0.15, 0.2) is 46.9 Å². The Kier molecular flexibility index (Phi) is 3.06. The van der Waals surface area contributed by atoms with Gasteiger partial charge in [-0.05, 0) is 36.4 Å². The predicted octanol–water partition coefficient (Wildman–Crippen LogP) is 3.29. The maximum atomic E-state index is 12.4. The van der Waals surface area contributed by atoms with E-state index in [4.69, 9.17) is 4.74 Å². The number of Topliss-reactive ketones (excluding diaryl/α,β-unsaturated/α-hetero) is 1. The van der Waals surface area contributed by atoms with E-state index in [1.807, 2.05) is 0 Å². The number of methoxy groups -OCH3 is 1. The molecule has 100 valence electrons. The summed E-state index contributed by atoms with van der Waals surface area (Å²) in [5, 5.41) is 12.4. The highest BCUT2D eigenvalue weighted by Gasteiger charge is 2.38. The highest BCUT2D eigenvalue weighted by Crippen LogP contribution is 2.36. The number of halogens is 1. The molecule has 0 saturated heterocycles. The van der Waals surface area contributed by atoms with Crippen molar-refractivity contribution in [2.24, 2.45) is 0 Å². The smallest absolute Gasteiger partial charge is 0.273 e. The van der Waals surface area contributed by atoms with Gasteiger partial charge in [-0.15, -0.1) is 0 Å². The Hall–Kier alpha value is -2.14. The lowest BCUT2D eigenvalue weighted by molar-refractivity contribution is -0.356. The molecule has 0 N–H and O–H groups in total. The molecule has 20 heavy (non-hydrogen) atoms. The Labute approximate surface area is 124 Å². The van der Waals surface area contributed by atoms with Gasteiger partial charge in [-0.25, -0.2) is 0 Å². The van der Waals surface area contributed by atoms with Gasteiger partial charge in [0.15, 0.2) is 5.75 Å². The van der Waals surface area contributed by atoms with Crippen LogP contribution in [0.5, 0.6) is 5.75 Å². The summed E-state index contributed by atoms with van der Waals surface area (Å²) in [5.74, 6) is 0.120. The van der Waals surface area contributed by atoms with Crippen molar-refractivity contribution in [3.8, 4) is 5.75 Å². The van der Waals surface area contributed by atoms with Gasteiger partial charge < -0.3 is 9.94 Å². The van der Waals surface area contributed by atoms with Gasteiger partial charge >= 0.3 is 0 Å². The van der Waals surface area contributed by atoms with Crippen LogP contribution in [0, 0.1) is 5.21 Å². The Morgan fingerprint density at radius 2 is 1.85 bits per heavy atom. The van der Waals surface area contributed by atoms with Crippen LogP contribution in [0.3, 0.4) is 0 Å². The molecule has 0 bridgehead atoms. The summed E-state index contributed by atoms with van der Waals surface area (Å²) in [6.07, 6.45) is 0. The van der Waals surface area contributed by atoms with E-state index in [1.165, 1.54) is 7.11 Å². The van der Waals surface area contributed by atoms with E-state index < -0.39 is 0 Å². The van der Waals surface area contributed by atoms with Gasteiger partial charge in [-0.2, -0.15) is 4.74 Å². The van der Waals surface area contributed by atoms with Crippen molar-refractivity contribution >= 4 is 33.1 Å². The lowest BCUT2D eigenvalue weighted by Crippen LogP contribution is -2.16. The topological polar surface area (TPSA) is 52.4 Å². The third kappa shape index (κ3) is 1.82. The van der Waals surface area contributed by atoms with Gasteiger partial charge in [0, 0.05) is 4.47 Å². The van der Waals surface area contributed by atoms with Crippen LogP contribution in [0.1, 0.15) is 15.9 Å². The van der Waals surface area contributed by atoms with Crippen LogP contribution in [-0.2, 0) is 0 Å². The monoisotopic (exact) mass is 331 g/mol. The molecule has 0 atom stereocenters. The third-order valence-corrected chi connectivity index (χ3v) is 3.73. The van der Waals surface area contributed by atoms with Crippen LogP contribution in [0.2, 0.25) is 0 Å². The second kappa shape index (κ2) is 4.76. The Morgan fingerprint density at radius 3 is 2.50 bits per heavy atom. The summed E-state index contributed by atoms with van der Waals surface area (Å²) in [4.78, 5) is 12.4. The zero-order chi connectivity index (χ0) is 14.3. The van der Waals surface area contributed by atoms with E-state index in [-0.39, 0.29) is 17.2 Å².